The summed E-state index contributed by atoms with van der Waals surface area (Å²) in [6.45, 7) is 8.49. The first-order chi connectivity index (χ1) is 7.40. The van der Waals surface area contributed by atoms with Crippen LogP contribution in [0.2, 0.25) is 0 Å². The first-order valence-electron chi connectivity index (χ1n) is 6.46. The summed E-state index contributed by atoms with van der Waals surface area (Å²) in [4.78, 5) is 11.8. The third kappa shape index (κ3) is 5.26. The Labute approximate surface area is 111 Å². The number of amides is 1. The molecule has 102 valence electrons. The second-order valence-corrected chi connectivity index (χ2v) is 5.89. The fourth-order valence-corrected chi connectivity index (χ4v) is 2.66. The zero-order valence-electron chi connectivity index (χ0n) is 11.4. The smallest absolute Gasteiger partial charge is 0.237 e. The van der Waals surface area contributed by atoms with Crippen LogP contribution in [0.4, 0.5) is 0 Å². The van der Waals surface area contributed by atoms with Crippen LogP contribution in [-0.4, -0.2) is 18.0 Å². The van der Waals surface area contributed by atoms with Crippen molar-refractivity contribution in [3.05, 3.63) is 0 Å². The summed E-state index contributed by atoms with van der Waals surface area (Å²) in [7, 11) is 0. The molecule has 1 aliphatic carbocycles. The van der Waals surface area contributed by atoms with Crippen LogP contribution < -0.4 is 11.1 Å². The molecule has 1 fully saturated rings. The molecule has 0 aliphatic heterocycles. The summed E-state index contributed by atoms with van der Waals surface area (Å²) < 4.78 is 0. The number of carbonyl (C=O) groups is 1. The van der Waals surface area contributed by atoms with E-state index in [1.807, 2.05) is 13.8 Å². The second-order valence-electron chi connectivity index (χ2n) is 5.89. The SMILES string of the molecule is CC1CC(C)CC(NC(=O)[C@@H](N)C(C)C)C1.Cl. The fourth-order valence-electron chi connectivity index (χ4n) is 2.66. The molecule has 0 spiro atoms. The maximum Gasteiger partial charge on any atom is 0.237 e. The van der Waals surface area contributed by atoms with Crippen LogP contribution in [0.5, 0.6) is 0 Å². The van der Waals surface area contributed by atoms with Gasteiger partial charge in [-0.25, -0.2) is 0 Å². The zero-order valence-corrected chi connectivity index (χ0v) is 12.2. The molecule has 1 rings (SSSR count). The third-order valence-corrected chi connectivity index (χ3v) is 3.55. The van der Waals surface area contributed by atoms with Gasteiger partial charge in [-0.15, -0.1) is 12.4 Å². The van der Waals surface area contributed by atoms with Crippen molar-refractivity contribution < 1.29 is 4.79 Å². The topological polar surface area (TPSA) is 55.1 Å². The maximum absolute atomic E-state index is 11.8. The predicted molar refractivity (Wildman–Crippen MR) is 74.2 cm³/mol. The van der Waals surface area contributed by atoms with Gasteiger partial charge in [0.2, 0.25) is 5.91 Å². The lowest BCUT2D eigenvalue weighted by atomic mass is 9.80. The van der Waals surface area contributed by atoms with Crippen molar-refractivity contribution in [2.24, 2.45) is 23.5 Å². The van der Waals surface area contributed by atoms with Gasteiger partial charge in [0.1, 0.15) is 0 Å². The molecule has 0 aromatic carbocycles. The number of carbonyl (C=O) groups excluding carboxylic acids is 1. The molecule has 0 bridgehead atoms. The van der Waals surface area contributed by atoms with E-state index in [1.54, 1.807) is 0 Å². The molecule has 2 unspecified atom stereocenters. The van der Waals surface area contributed by atoms with Crippen molar-refractivity contribution in [2.75, 3.05) is 0 Å². The molecule has 3 atom stereocenters. The summed E-state index contributed by atoms with van der Waals surface area (Å²) in [6, 6.07) is -0.0383. The molecule has 17 heavy (non-hydrogen) atoms. The summed E-state index contributed by atoms with van der Waals surface area (Å²) in [5.41, 5.74) is 5.83. The van der Waals surface area contributed by atoms with Gasteiger partial charge >= 0.3 is 0 Å². The number of hydrogen-bond acceptors (Lipinski definition) is 2. The Balaban J connectivity index is 0.00000256. The largest absolute Gasteiger partial charge is 0.352 e. The van der Waals surface area contributed by atoms with Gasteiger partial charge < -0.3 is 11.1 Å². The van der Waals surface area contributed by atoms with Gasteiger partial charge in [0.05, 0.1) is 6.04 Å². The van der Waals surface area contributed by atoms with Gasteiger partial charge in [0, 0.05) is 6.04 Å². The number of halogens is 1. The quantitative estimate of drug-likeness (QED) is 0.820. The average molecular weight is 263 g/mol. The van der Waals surface area contributed by atoms with Gasteiger partial charge in [-0.05, 0) is 37.0 Å². The third-order valence-electron chi connectivity index (χ3n) is 3.55. The fraction of sp³-hybridized carbons (Fsp3) is 0.923. The Morgan fingerprint density at radius 2 is 1.65 bits per heavy atom. The molecule has 0 aromatic rings. The number of nitrogens with two attached hydrogens (primary N) is 1. The first-order valence-corrected chi connectivity index (χ1v) is 6.46. The highest BCUT2D eigenvalue weighted by Gasteiger charge is 2.27. The highest BCUT2D eigenvalue weighted by atomic mass is 35.5. The van der Waals surface area contributed by atoms with Crippen molar-refractivity contribution in [3.8, 4) is 0 Å². The zero-order chi connectivity index (χ0) is 12.3. The van der Waals surface area contributed by atoms with Crippen LogP contribution >= 0.6 is 12.4 Å². The molecular weight excluding hydrogens is 236 g/mol. The average Bonchev–Trinajstić information content (AvgIpc) is 2.14. The van der Waals surface area contributed by atoms with Gasteiger partial charge in [0.25, 0.3) is 0 Å². The van der Waals surface area contributed by atoms with Crippen molar-refractivity contribution in [3.63, 3.8) is 0 Å². The van der Waals surface area contributed by atoms with E-state index in [0.29, 0.717) is 17.9 Å². The van der Waals surface area contributed by atoms with E-state index in [9.17, 15) is 4.79 Å². The van der Waals surface area contributed by atoms with Crippen molar-refractivity contribution >= 4 is 18.3 Å². The highest BCUT2D eigenvalue weighted by molar-refractivity contribution is 5.85. The Hall–Kier alpha value is -0.280. The Kier molecular flexibility index (Phi) is 7.10. The van der Waals surface area contributed by atoms with Crippen molar-refractivity contribution in [1.82, 2.24) is 5.32 Å². The van der Waals surface area contributed by atoms with Crippen LogP contribution in [-0.2, 0) is 4.79 Å². The summed E-state index contributed by atoms with van der Waals surface area (Å²) in [5.74, 6) is 1.65. The van der Waals surface area contributed by atoms with Crippen LogP contribution in [0.3, 0.4) is 0 Å². The van der Waals surface area contributed by atoms with E-state index in [4.69, 9.17) is 5.73 Å². The molecule has 3 N–H and O–H groups in total. The van der Waals surface area contributed by atoms with E-state index >= 15 is 0 Å². The minimum absolute atomic E-state index is 0. The highest BCUT2D eigenvalue weighted by Crippen LogP contribution is 2.28. The normalized spacial score (nSPS) is 30.6. The standard InChI is InChI=1S/C13H26N2O.ClH/c1-8(2)12(14)13(16)15-11-6-9(3)5-10(4)7-11;/h8-12H,5-7,14H2,1-4H3,(H,15,16);1H/t9?,10?,11?,12-;/m0./s1. The molecular formula is C13H27ClN2O. The number of hydrogen-bond donors (Lipinski definition) is 2. The monoisotopic (exact) mass is 262 g/mol. The predicted octanol–water partition coefficient (Wildman–Crippen LogP) is 2.33. The van der Waals surface area contributed by atoms with Crippen LogP contribution in [0.1, 0.15) is 47.0 Å². The molecule has 1 amide bonds. The molecule has 4 heteroatoms. The summed E-state index contributed by atoms with van der Waals surface area (Å²) >= 11 is 0. The lowest BCUT2D eigenvalue weighted by molar-refractivity contribution is -0.124. The van der Waals surface area contributed by atoms with Gasteiger partial charge in [-0.3, -0.25) is 4.79 Å². The van der Waals surface area contributed by atoms with Crippen molar-refractivity contribution in [1.29, 1.82) is 0 Å². The summed E-state index contributed by atoms with van der Waals surface area (Å²) in [6.07, 6.45) is 3.48. The Bertz CT molecular complexity index is 236. The minimum Gasteiger partial charge on any atom is -0.352 e. The van der Waals surface area contributed by atoms with Gasteiger partial charge in [0.15, 0.2) is 0 Å². The van der Waals surface area contributed by atoms with Gasteiger partial charge in [-0.2, -0.15) is 0 Å². The van der Waals surface area contributed by atoms with Gasteiger partial charge in [-0.1, -0.05) is 27.7 Å². The lowest BCUT2D eigenvalue weighted by Gasteiger charge is -2.32. The molecule has 1 aliphatic rings. The molecule has 0 radical (unpaired) electrons. The van der Waals surface area contributed by atoms with Crippen LogP contribution in [0.15, 0.2) is 0 Å². The van der Waals surface area contributed by atoms with E-state index in [-0.39, 0.29) is 30.3 Å². The van der Waals surface area contributed by atoms with Crippen molar-refractivity contribution in [2.45, 2.75) is 59.0 Å². The second kappa shape index (κ2) is 7.22. The van der Waals surface area contributed by atoms with E-state index in [1.165, 1.54) is 6.42 Å². The Morgan fingerprint density at radius 3 is 2.06 bits per heavy atom. The Morgan fingerprint density at radius 1 is 1.18 bits per heavy atom. The lowest BCUT2D eigenvalue weighted by Crippen LogP contribution is -2.49. The molecule has 3 nitrogen and oxygen atoms in total. The maximum atomic E-state index is 11.8. The molecule has 0 saturated heterocycles. The van der Waals surface area contributed by atoms with Crippen LogP contribution in [0.25, 0.3) is 0 Å². The minimum atomic E-state index is -0.368. The van der Waals surface area contributed by atoms with E-state index in [2.05, 4.69) is 19.2 Å². The van der Waals surface area contributed by atoms with E-state index < -0.39 is 0 Å². The first kappa shape index (κ1) is 16.7. The van der Waals surface area contributed by atoms with E-state index in [0.717, 1.165) is 12.8 Å². The molecule has 0 aromatic heterocycles. The summed E-state index contributed by atoms with van der Waals surface area (Å²) in [5, 5.41) is 3.10. The number of nitrogens with one attached hydrogen (secondary N) is 1. The van der Waals surface area contributed by atoms with Crippen LogP contribution in [0, 0.1) is 17.8 Å². The molecule has 0 heterocycles. The molecule has 1 saturated carbocycles. The number of rotatable bonds is 3.